The molecule has 0 saturated heterocycles. The van der Waals surface area contributed by atoms with Gasteiger partial charge < -0.3 is 19.3 Å². The average molecular weight is 431 g/mol. The summed E-state index contributed by atoms with van der Waals surface area (Å²) in [7, 11) is 2.71. The number of benzene rings is 2. The molecule has 0 radical (unpaired) electrons. The maximum absolute atomic E-state index is 13.0. The Labute approximate surface area is 178 Å². The van der Waals surface area contributed by atoms with Crippen molar-refractivity contribution in [3.8, 4) is 11.5 Å². The SMILES string of the molecule is COC(=O)c1ccc(C2=NC3CCC(O)CC3c3cc(OC(F)F)c(OC)cc32)cc1. The Morgan fingerprint density at radius 2 is 1.87 bits per heavy atom. The number of hydrogen-bond acceptors (Lipinski definition) is 6. The van der Waals surface area contributed by atoms with Crippen molar-refractivity contribution in [1.82, 2.24) is 0 Å². The minimum absolute atomic E-state index is 0.0441. The predicted octanol–water partition coefficient (Wildman–Crippen LogP) is 3.93. The van der Waals surface area contributed by atoms with Crippen molar-refractivity contribution in [2.24, 2.45) is 4.99 Å². The summed E-state index contributed by atoms with van der Waals surface area (Å²) in [5.74, 6) is -0.415. The van der Waals surface area contributed by atoms with E-state index in [1.165, 1.54) is 14.2 Å². The summed E-state index contributed by atoms with van der Waals surface area (Å²) in [6, 6.07) is 10.0. The molecule has 8 heteroatoms. The van der Waals surface area contributed by atoms with Crippen LogP contribution in [-0.2, 0) is 4.74 Å². The van der Waals surface area contributed by atoms with Crippen LogP contribution in [0.3, 0.4) is 0 Å². The molecule has 1 aliphatic carbocycles. The zero-order chi connectivity index (χ0) is 22.1. The van der Waals surface area contributed by atoms with Gasteiger partial charge in [0.2, 0.25) is 0 Å². The van der Waals surface area contributed by atoms with Gasteiger partial charge in [-0.05, 0) is 49.1 Å². The summed E-state index contributed by atoms with van der Waals surface area (Å²) < 4.78 is 40.7. The average Bonchev–Trinajstić information content (AvgIpc) is 2.77. The lowest BCUT2D eigenvalue weighted by molar-refractivity contribution is -0.0513. The lowest BCUT2D eigenvalue weighted by Crippen LogP contribution is -2.34. The van der Waals surface area contributed by atoms with Crippen molar-refractivity contribution in [3.63, 3.8) is 0 Å². The second kappa shape index (κ2) is 8.63. The van der Waals surface area contributed by atoms with Gasteiger partial charge in [0.1, 0.15) is 0 Å². The van der Waals surface area contributed by atoms with Crippen LogP contribution in [0.1, 0.15) is 52.2 Å². The minimum Gasteiger partial charge on any atom is -0.493 e. The fourth-order valence-corrected chi connectivity index (χ4v) is 4.40. The van der Waals surface area contributed by atoms with Crippen LogP contribution in [-0.4, -0.2) is 49.8 Å². The van der Waals surface area contributed by atoms with Gasteiger partial charge in [-0.1, -0.05) is 12.1 Å². The molecule has 0 spiro atoms. The van der Waals surface area contributed by atoms with E-state index in [-0.39, 0.29) is 23.5 Å². The fourth-order valence-electron chi connectivity index (χ4n) is 4.40. The molecule has 1 N–H and O–H groups in total. The van der Waals surface area contributed by atoms with Gasteiger partial charge in [-0.3, -0.25) is 4.99 Å². The highest BCUT2D eigenvalue weighted by Gasteiger charge is 2.37. The summed E-state index contributed by atoms with van der Waals surface area (Å²) >= 11 is 0. The number of alkyl halides is 2. The number of methoxy groups -OCH3 is 2. The van der Waals surface area contributed by atoms with Crippen molar-refractivity contribution < 1.29 is 32.9 Å². The molecule has 4 rings (SSSR count). The Kier molecular flexibility index (Phi) is 5.91. The molecule has 3 unspecified atom stereocenters. The number of rotatable bonds is 5. The van der Waals surface area contributed by atoms with Crippen LogP contribution in [0, 0.1) is 0 Å². The summed E-state index contributed by atoms with van der Waals surface area (Å²) in [6.45, 7) is -2.98. The first-order valence-electron chi connectivity index (χ1n) is 10.0. The number of aliphatic imine (C=N–C) groups is 1. The molecule has 1 aliphatic heterocycles. The summed E-state index contributed by atoms with van der Waals surface area (Å²) in [5.41, 5.74) is 3.41. The number of aliphatic hydroxyl groups is 1. The lowest BCUT2D eigenvalue weighted by atomic mass is 9.74. The monoisotopic (exact) mass is 431 g/mol. The predicted molar refractivity (Wildman–Crippen MR) is 109 cm³/mol. The number of carbonyl (C=O) groups excluding carboxylic acids is 1. The molecule has 0 bridgehead atoms. The molecule has 3 atom stereocenters. The molecule has 31 heavy (non-hydrogen) atoms. The number of carbonyl (C=O) groups is 1. The summed E-state index contributed by atoms with van der Waals surface area (Å²) in [4.78, 5) is 16.7. The molecule has 6 nitrogen and oxygen atoms in total. The maximum atomic E-state index is 13.0. The third-order valence-corrected chi connectivity index (χ3v) is 5.87. The van der Waals surface area contributed by atoms with Gasteiger partial charge in [-0.2, -0.15) is 8.78 Å². The standard InChI is InChI=1S/C23H23F2NO5/c1-29-19-11-17-15(10-20(19)31-23(24)25)16-9-14(27)7-8-18(16)26-21(17)12-3-5-13(6-4-12)22(28)30-2/h3-6,10-11,14,16,18,23,27H,7-9H2,1-2H3. The molecular weight excluding hydrogens is 408 g/mol. The molecule has 1 saturated carbocycles. The number of esters is 1. The Balaban J connectivity index is 1.83. The van der Waals surface area contributed by atoms with Crippen molar-refractivity contribution in [2.75, 3.05) is 14.2 Å². The number of nitrogens with zero attached hydrogens (tertiary/aromatic N) is 1. The van der Waals surface area contributed by atoms with Gasteiger partial charge in [0, 0.05) is 17.0 Å². The molecule has 164 valence electrons. The molecule has 1 heterocycles. The van der Waals surface area contributed by atoms with Gasteiger partial charge in [-0.15, -0.1) is 0 Å². The number of aliphatic hydroxyl groups excluding tert-OH is 1. The van der Waals surface area contributed by atoms with E-state index in [1.54, 1.807) is 36.4 Å². The third kappa shape index (κ3) is 4.12. The first-order valence-corrected chi connectivity index (χ1v) is 10.0. The van der Waals surface area contributed by atoms with E-state index in [4.69, 9.17) is 19.2 Å². The zero-order valence-electron chi connectivity index (χ0n) is 17.2. The van der Waals surface area contributed by atoms with E-state index in [1.807, 2.05) is 0 Å². The number of hydrogen-bond donors (Lipinski definition) is 1. The molecule has 2 aliphatic rings. The Bertz CT molecular complexity index is 1010. The summed E-state index contributed by atoms with van der Waals surface area (Å²) in [5, 5.41) is 10.2. The first-order chi connectivity index (χ1) is 14.9. The van der Waals surface area contributed by atoms with Gasteiger partial charge in [0.15, 0.2) is 11.5 Å². The van der Waals surface area contributed by atoms with Crippen LogP contribution in [0.15, 0.2) is 41.4 Å². The topological polar surface area (TPSA) is 77.4 Å². The molecule has 2 aromatic rings. The van der Waals surface area contributed by atoms with Crippen molar-refractivity contribution in [2.45, 2.75) is 43.9 Å². The van der Waals surface area contributed by atoms with E-state index in [2.05, 4.69) is 0 Å². The highest BCUT2D eigenvalue weighted by Crippen LogP contribution is 2.45. The van der Waals surface area contributed by atoms with Crippen molar-refractivity contribution in [3.05, 3.63) is 58.7 Å². The number of halogens is 2. The van der Waals surface area contributed by atoms with Crippen LogP contribution >= 0.6 is 0 Å². The maximum Gasteiger partial charge on any atom is 0.387 e. The molecule has 2 aromatic carbocycles. The van der Waals surface area contributed by atoms with E-state index < -0.39 is 18.7 Å². The van der Waals surface area contributed by atoms with Crippen LogP contribution < -0.4 is 9.47 Å². The minimum atomic E-state index is -2.98. The van der Waals surface area contributed by atoms with Crippen LogP contribution in [0.5, 0.6) is 11.5 Å². The van der Waals surface area contributed by atoms with Crippen LogP contribution in [0.2, 0.25) is 0 Å². The largest absolute Gasteiger partial charge is 0.493 e. The normalized spacial score (nSPS) is 22.3. The van der Waals surface area contributed by atoms with Crippen LogP contribution in [0.25, 0.3) is 0 Å². The Morgan fingerprint density at radius 3 is 2.52 bits per heavy atom. The van der Waals surface area contributed by atoms with E-state index in [9.17, 15) is 18.7 Å². The molecule has 0 amide bonds. The second-order valence-corrected chi connectivity index (χ2v) is 7.66. The van der Waals surface area contributed by atoms with Gasteiger partial charge in [-0.25, -0.2) is 4.79 Å². The second-order valence-electron chi connectivity index (χ2n) is 7.66. The number of ether oxygens (including phenoxy) is 3. The smallest absolute Gasteiger partial charge is 0.387 e. The van der Waals surface area contributed by atoms with E-state index >= 15 is 0 Å². The third-order valence-electron chi connectivity index (χ3n) is 5.87. The quantitative estimate of drug-likeness (QED) is 0.726. The lowest BCUT2D eigenvalue weighted by Gasteiger charge is -2.37. The van der Waals surface area contributed by atoms with Crippen molar-refractivity contribution in [1.29, 1.82) is 0 Å². The van der Waals surface area contributed by atoms with Crippen LogP contribution in [0.4, 0.5) is 8.78 Å². The molecule has 1 fully saturated rings. The van der Waals surface area contributed by atoms with Gasteiger partial charge in [0.05, 0.1) is 37.6 Å². The van der Waals surface area contributed by atoms with E-state index in [0.717, 1.165) is 16.7 Å². The Morgan fingerprint density at radius 1 is 1.13 bits per heavy atom. The molecule has 0 aromatic heterocycles. The Hall–Kier alpha value is -3.00. The fraction of sp³-hybridized carbons (Fsp3) is 0.391. The number of fused-ring (bicyclic) bond motifs is 3. The highest BCUT2D eigenvalue weighted by molar-refractivity contribution is 6.15. The van der Waals surface area contributed by atoms with Crippen molar-refractivity contribution >= 4 is 11.7 Å². The van der Waals surface area contributed by atoms with Gasteiger partial charge in [0.25, 0.3) is 0 Å². The first kappa shape index (κ1) is 21.2. The summed E-state index contributed by atoms with van der Waals surface area (Å²) in [6.07, 6.45) is 1.35. The highest BCUT2D eigenvalue weighted by atomic mass is 19.3. The zero-order valence-corrected chi connectivity index (χ0v) is 17.2. The van der Waals surface area contributed by atoms with Gasteiger partial charge >= 0.3 is 12.6 Å². The molecular formula is C23H23F2NO5. The van der Waals surface area contributed by atoms with E-state index in [0.29, 0.717) is 30.5 Å².